The van der Waals surface area contributed by atoms with Crippen molar-refractivity contribution in [2.45, 2.75) is 45.2 Å². The number of aliphatic hydroxyl groups is 1. The Kier molecular flexibility index (Phi) is 7.06. The van der Waals surface area contributed by atoms with Gasteiger partial charge >= 0.3 is 0 Å². The van der Waals surface area contributed by atoms with E-state index in [4.69, 9.17) is 0 Å². The number of hydrogen-bond donors (Lipinski definition) is 2. The summed E-state index contributed by atoms with van der Waals surface area (Å²) in [5.41, 5.74) is 4.16. The van der Waals surface area contributed by atoms with Crippen molar-refractivity contribution in [2.24, 2.45) is 0 Å². The van der Waals surface area contributed by atoms with Crippen LogP contribution in [0.5, 0.6) is 0 Å². The number of anilines is 1. The summed E-state index contributed by atoms with van der Waals surface area (Å²) >= 11 is 1.85. The van der Waals surface area contributed by atoms with Gasteiger partial charge < -0.3 is 15.3 Å². The average Bonchev–Trinajstić information content (AvgIpc) is 2.55. The van der Waals surface area contributed by atoms with Crippen molar-refractivity contribution < 1.29 is 5.11 Å². The molecule has 22 heavy (non-hydrogen) atoms. The summed E-state index contributed by atoms with van der Waals surface area (Å²) in [6, 6.07) is 7.38. The lowest BCUT2D eigenvalue weighted by atomic mass is 10.0. The van der Waals surface area contributed by atoms with Gasteiger partial charge in [-0.05, 0) is 62.3 Å². The first-order chi connectivity index (χ1) is 10.7. The fraction of sp³-hybridized carbons (Fsp3) is 0.667. The Bertz CT molecular complexity index is 458. The molecular formula is C18H30N2OS. The van der Waals surface area contributed by atoms with Crippen LogP contribution < -0.4 is 10.2 Å². The van der Waals surface area contributed by atoms with Crippen LogP contribution in [0, 0.1) is 13.8 Å². The van der Waals surface area contributed by atoms with Gasteiger partial charge in [0.2, 0.25) is 0 Å². The summed E-state index contributed by atoms with van der Waals surface area (Å²) in [6.07, 6.45) is 5.48. The first-order valence-electron chi connectivity index (χ1n) is 8.32. The molecule has 2 N–H and O–H groups in total. The highest BCUT2D eigenvalue weighted by Gasteiger charge is 2.22. The molecule has 2 rings (SSSR count). The molecule has 1 aliphatic heterocycles. The molecule has 3 nitrogen and oxygen atoms in total. The number of hydrogen-bond acceptors (Lipinski definition) is 4. The van der Waals surface area contributed by atoms with E-state index in [0.717, 1.165) is 38.1 Å². The molecule has 0 bridgehead atoms. The minimum Gasteiger partial charge on any atom is -0.395 e. The molecule has 0 aromatic heterocycles. The van der Waals surface area contributed by atoms with Gasteiger partial charge in [0.25, 0.3) is 0 Å². The fourth-order valence-corrected chi connectivity index (χ4v) is 3.71. The number of aliphatic hydroxyl groups excluding tert-OH is 1. The van der Waals surface area contributed by atoms with Crippen LogP contribution in [0.4, 0.5) is 5.69 Å². The van der Waals surface area contributed by atoms with E-state index in [1.807, 2.05) is 11.8 Å². The van der Waals surface area contributed by atoms with Crippen LogP contribution in [-0.4, -0.2) is 48.9 Å². The number of piperidine rings is 1. The highest BCUT2D eigenvalue weighted by atomic mass is 32.2. The second-order valence-electron chi connectivity index (χ2n) is 6.31. The minimum atomic E-state index is 0.248. The number of thioether (sulfide) groups is 1. The van der Waals surface area contributed by atoms with Crippen molar-refractivity contribution in [3.63, 3.8) is 0 Å². The van der Waals surface area contributed by atoms with Crippen LogP contribution in [0.15, 0.2) is 18.2 Å². The maximum absolute atomic E-state index is 9.50. The van der Waals surface area contributed by atoms with Crippen LogP contribution in [0.3, 0.4) is 0 Å². The van der Waals surface area contributed by atoms with E-state index in [2.05, 4.69) is 48.5 Å². The van der Waals surface area contributed by atoms with Gasteiger partial charge in [-0.2, -0.15) is 11.8 Å². The summed E-state index contributed by atoms with van der Waals surface area (Å²) in [5, 5.41) is 13.1. The lowest BCUT2D eigenvalue weighted by molar-refractivity contribution is 0.220. The maximum atomic E-state index is 9.50. The Morgan fingerprint density at radius 3 is 2.68 bits per heavy atom. The molecule has 1 aliphatic rings. The predicted molar refractivity (Wildman–Crippen MR) is 98.2 cm³/mol. The third-order valence-corrected chi connectivity index (χ3v) is 5.42. The molecule has 1 saturated heterocycles. The van der Waals surface area contributed by atoms with Gasteiger partial charge in [0.05, 0.1) is 6.61 Å². The molecular weight excluding hydrogens is 292 g/mol. The topological polar surface area (TPSA) is 35.5 Å². The number of nitrogens with zero attached hydrogens (tertiary/aromatic N) is 1. The summed E-state index contributed by atoms with van der Waals surface area (Å²) < 4.78 is 0. The first-order valence-corrected chi connectivity index (χ1v) is 9.72. The highest BCUT2D eigenvalue weighted by molar-refractivity contribution is 7.98. The van der Waals surface area contributed by atoms with Crippen LogP contribution >= 0.6 is 11.8 Å². The Morgan fingerprint density at radius 2 is 2.05 bits per heavy atom. The van der Waals surface area contributed by atoms with Crippen molar-refractivity contribution in [3.8, 4) is 0 Å². The van der Waals surface area contributed by atoms with E-state index in [9.17, 15) is 5.11 Å². The average molecular weight is 323 g/mol. The van der Waals surface area contributed by atoms with E-state index >= 15 is 0 Å². The molecule has 1 aromatic rings. The Labute approximate surface area is 139 Å². The molecule has 124 valence electrons. The molecule has 1 fully saturated rings. The zero-order valence-electron chi connectivity index (χ0n) is 14.1. The molecule has 1 aromatic carbocycles. The van der Waals surface area contributed by atoms with Crippen molar-refractivity contribution in [3.05, 3.63) is 29.3 Å². The van der Waals surface area contributed by atoms with Crippen LogP contribution in [0.1, 0.15) is 30.4 Å². The monoisotopic (exact) mass is 322 g/mol. The lowest BCUT2D eigenvalue weighted by Gasteiger charge is -2.36. The normalized spacial score (nSPS) is 17.7. The third kappa shape index (κ3) is 4.64. The van der Waals surface area contributed by atoms with E-state index in [1.54, 1.807) is 0 Å². The van der Waals surface area contributed by atoms with Gasteiger partial charge in [0.15, 0.2) is 0 Å². The zero-order chi connectivity index (χ0) is 15.9. The molecule has 0 radical (unpaired) electrons. The largest absolute Gasteiger partial charge is 0.395 e. The van der Waals surface area contributed by atoms with Gasteiger partial charge in [0.1, 0.15) is 0 Å². The van der Waals surface area contributed by atoms with Gasteiger partial charge in [-0.25, -0.2) is 0 Å². The number of rotatable bonds is 7. The number of aryl methyl sites for hydroxylation is 1. The molecule has 0 unspecified atom stereocenters. The molecule has 0 saturated carbocycles. The highest BCUT2D eigenvalue weighted by Crippen LogP contribution is 2.26. The molecule has 1 atom stereocenters. The molecule has 0 aliphatic carbocycles. The van der Waals surface area contributed by atoms with Gasteiger partial charge in [-0.3, -0.25) is 0 Å². The second kappa shape index (κ2) is 8.80. The Morgan fingerprint density at radius 1 is 1.32 bits per heavy atom. The first kappa shape index (κ1) is 17.6. The molecule has 0 amide bonds. The smallest absolute Gasteiger partial charge is 0.0585 e. The predicted octanol–water partition coefficient (Wildman–Crippen LogP) is 2.98. The van der Waals surface area contributed by atoms with Crippen molar-refractivity contribution in [1.29, 1.82) is 0 Å². The summed E-state index contributed by atoms with van der Waals surface area (Å²) in [4.78, 5) is 2.51. The molecule has 1 heterocycles. The Hall–Kier alpha value is -0.710. The van der Waals surface area contributed by atoms with Gasteiger partial charge in [-0.1, -0.05) is 12.1 Å². The summed E-state index contributed by atoms with van der Waals surface area (Å²) in [7, 11) is 0. The quantitative estimate of drug-likeness (QED) is 0.809. The Balaban J connectivity index is 1.86. The second-order valence-corrected chi connectivity index (χ2v) is 7.29. The van der Waals surface area contributed by atoms with Crippen LogP contribution in [0.2, 0.25) is 0 Å². The van der Waals surface area contributed by atoms with Crippen LogP contribution in [-0.2, 0) is 0 Å². The van der Waals surface area contributed by atoms with E-state index < -0.39 is 0 Å². The standard InChI is InChI=1S/C18H30N2OS/c1-14-5-4-6-18(15(14)2)20-10-7-16(8-11-20)19-17(13-21)9-12-22-3/h4-6,16-17,19,21H,7-13H2,1-3H3/t17-/m0/s1. The van der Waals surface area contributed by atoms with Crippen LogP contribution in [0.25, 0.3) is 0 Å². The van der Waals surface area contributed by atoms with Crippen molar-refractivity contribution >= 4 is 17.4 Å². The summed E-state index contributed by atoms with van der Waals surface area (Å²) in [6.45, 7) is 6.85. The van der Waals surface area contributed by atoms with Gasteiger partial charge in [0, 0.05) is 30.9 Å². The maximum Gasteiger partial charge on any atom is 0.0585 e. The van der Waals surface area contributed by atoms with Gasteiger partial charge in [-0.15, -0.1) is 0 Å². The van der Waals surface area contributed by atoms with Crippen molar-refractivity contribution in [1.82, 2.24) is 5.32 Å². The van der Waals surface area contributed by atoms with E-state index in [0.29, 0.717) is 6.04 Å². The minimum absolute atomic E-state index is 0.248. The van der Waals surface area contributed by atoms with E-state index in [-0.39, 0.29) is 12.6 Å². The SMILES string of the molecule is CSCC[C@@H](CO)NC1CCN(c2cccc(C)c2C)CC1. The number of nitrogens with one attached hydrogen (secondary N) is 1. The molecule has 4 heteroatoms. The lowest BCUT2D eigenvalue weighted by Crippen LogP contribution is -2.47. The summed E-state index contributed by atoms with van der Waals surface area (Å²) in [5.74, 6) is 1.11. The van der Waals surface area contributed by atoms with E-state index in [1.165, 1.54) is 16.8 Å². The molecule has 0 spiro atoms. The zero-order valence-corrected chi connectivity index (χ0v) is 15.0. The third-order valence-electron chi connectivity index (χ3n) is 4.77. The van der Waals surface area contributed by atoms with Crippen molar-refractivity contribution in [2.75, 3.05) is 36.6 Å². The number of benzene rings is 1. The fourth-order valence-electron chi connectivity index (χ4n) is 3.19.